The van der Waals surface area contributed by atoms with Gasteiger partial charge in [0.05, 0.1) is 10.6 Å². The van der Waals surface area contributed by atoms with Gasteiger partial charge in [-0.15, -0.1) is 23.1 Å². The number of thiophene rings is 1. The maximum absolute atomic E-state index is 4.98. The Labute approximate surface area is 153 Å². The van der Waals surface area contributed by atoms with E-state index in [1.54, 1.807) is 11.3 Å². The Morgan fingerprint density at radius 3 is 2.88 bits per heavy atom. The van der Waals surface area contributed by atoms with Crippen molar-refractivity contribution < 1.29 is 0 Å². The molecule has 122 valence electrons. The van der Waals surface area contributed by atoms with Crippen LogP contribution in [0, 0.1) is 0 Å². The van der Waals surface area contributed by atoms with Crippen molar-refractivity contribution >= 4 is 38.9 Å². The fourth-order valence-electron chi connectivity index (χ4n) is 3.09. The number of imidazole rings is 1. The molecule has 3 nitrogen and oxygen atoms in total. The number of H-pyrrole nitrogens is 2. The average Bonchev–Trinajstić information content (AvgIpc) is 3.40. The van der Waals surface area contributed by atoms with Crippen LogP contribution in [-0.4, -0.2) is 20.7 Å². The van der Waals surface area contributed by atoms with Crippen LogP contribution in [0.5, 0.6) is 0 Å². The van der Waals surface area contributed by atoms with E-state index in [0.29, 0.717) is 0 Å². The van der Waals surface area contributed by atoms with Crippen LogP contribution in [0.15, 0.2) is 66.2 Å². The van der Waals surface area contributed by atoms with Crippen LogP contribution >= 0.6 is 23.1 Å². The molecule has 3 aromatic heterocycles. The summed E-state index contributed by atoms with van der Waals surface area (Å²) in [5.41, 5.74) is 4.38. The molecule has 0 saturated heterocycles. The minimum absolute atomic E-state index is 0.909. The monoisotopic (exact) mass is 361 g/mol. The van der Waals surface area contributed by atoms with Crippen LogP contribution in [0.2, 0.25) is 0 Å². The number of nitrogens with one attached hydrogen (secondary N) is 2. The van der Waals surface area contributed by atoms with Crippen LogP contribution in [0.4, 0.5) is 0 Å². The van der Waals surface area contributed by atoms with Gasteiger partial charge in [0.25, 0.3) is 0 Å². The van der Waals surface area contributed by atoms with Crippen molar-refractivity contribution in [2.45, 2.75) is 0 Å². The van der Waals surface area contributed by atoms with Crippen molar-refractivity contribution in [1.82, 2.24) is 15.0 Å². The number of rotatable bonds is 3. The second kappa shape index (κ2) is 6.10. The third-order valence-electron chi connectivity index (χ3n) is 4.27. The number of hydrogen-bond donors (Lipinski definition) is 2. The molecule has 0 amide bonds. The van der Waals surface area contributed by atoms with E-state index in [2.05, 4.69) is 63.9 Å². The van der Waals surface area contributed by atoms with Gasteiger partial charge in [-0.25, -0.2) is 4.98 Å². The summed E-state index contributed by atoms with van der Waals surface area (Å²) in [6.07, 6.45) is 8.50. The number of aromatic nitrogens is 3. The topological polar surface area (TPSA) is 44.5 Å². The van der Waals surface area contributed by atoms with Crippen LogP contribution in [0.3, 0.4) is 0 Å². The zero-order chi connectivity index (χ0) is 16.6. The fraction of sp³-hybridized carbons (Fsp3) is 0.0500. The molecule has 0 radical (unpaired) electrons. The molecule has 0 aliphatic carbocycles. The van der Waals surface area contributed by atoms with E-state index in [1.807, 2.05) is 24.0 Å². The van der Waals surface area contributed by atoms with Gasteiger partial charge in [0.15, 0.2) is 0 Å². The van der Waals surface area contributed by atoms with Gasteiger partial charge in [-0.3, -0.25) is 0 Å². The quantitative estimate of drug-likeness (QED) is 0.475. The summed E-state index contributed by atoms with van der Waals surface area (Å²) in [5.74, 6) is 1.91. The third-order valence-corrected chi connectivity index (χ3v) is 6.15. The third kappa shape index (κ3) is 2.56. The number of fused-ring (bicyclic) bond motifs is 1. The summed E-state index contributed by atoms with van der Waals surface area (Å²) in [6.45, 7) is 0. The van der Waals surface area contributed by atoms with E-state index >= 15 is 0 Å². The lowest BCUT2D eigenvalue weighted by molar-refractivity contribution is 1.31. The lowest BCUT2D eigenvalue weighted by atomic mass is 10.2. The van der Waals surface area contributed by atoms with E-state index in [-0.39, 0.29) is 0 Å². The molecule has 1 aliphatic rings. The molecule has 1 aromatic carbocycles. The van der Waals surface area contributed by atoms with Gasteiger partial charge in [0.2, 0.25) is 0 Å². The maximum Gasteiger partial charge on any atom is 0.140 e. The van der Waals surface area contributed by atoms with Crippen molar-refractivity contribution in [3.63, 3.8) is 0 Å². The molecule has 0 atom stereocenters. The van der Waals surface area contributed by atoms with E-state index in [1.165, 1.54) is 15.2 Å². The first kappa shape index (κ1) is 14.8. The molecule has 4 heterocycles. The smallest absolute Gasteiger partial charge is 0.140 e. The molecule has 0 unspecified atom stereocenters. The van der Waals surface area contributed by atoms with E-state index in [9.17, 15) is 0 Å². The van der Waals surface area contributed by atoms with Crippen molar-refractivity contribution in [2.75, 3.05) is 5.75 Å². The SMILES string of the molecule is C1=CCSC(c2[nH]c(-c3c[nH]c4ccccc34)nc2-c2cccs2)=C1. The Kier molecular flexibility index (Phi) is 3.61. The first-order valence-electron chi connectivity index (χ1n) is 8.10. The van der Waals surface area contributed by atoms with E-state index in [4.69, 9.17) is 4.98 Å². The van der Waals surface area contributed by atoms with Crippen LogP contribution in [-0.2, 0) is 0 Å². The van der Waals surface area contributed by atoms with E-state index < -0.39 is 0 Å². The molecule has 0 bridgehead atoms. The molecule has 25 heavy (non-hydrogen) atoms. The largest absolute Gasteiger partial charge is 0.360 e. The molecule has 1 aliphatic heterocycles. The molecule has 0 spiro atoms. The standard InChI is InChI=1S/C20H15N3S2/c1-2-7-15-13(6-1)14(12-21-15)20-22-18(16-8-3-4-10-24-16)19(23-20)17-9-5-11-25-17/h1-9,11-12,21H,10H2,(H,22,23). The van der Waals surface area contributed by atoms with Crippen molar-refractivity contribution in [2.24, 2.45) is 0 Å². The zero-order valence-corrected chi connectivity index (χ0v) is 15.0. The first-order valence-corrected chi connectivity index (χ1v) is 9.97. The van der Waals surface area contributed by atoms with Crippen LogP contribution in [0.25, 0.3) is 37.8 Å². The molecule has 0 saturated carbocycles. The molecule has 5 rings (SSSR count). The highest BCUT2D eigenvalue weighted by Gasteiger charge is 2.19. The molecule has 0 fully saturated rings. The van der Waals surface area contributed by atoms with Gasteiger partial charge in [-0.1, -0.05) is 36.4 Å². The number of aromatic amines is 2. The van der Waals surface area contributed by atoms with Gasteiger partial charge in [0.1, 0.15) is 11.5 Å². The second-order valence-corrected chi connectivity index (χ2v) is 7.81. The Hall–Kier alpha value is -2.50. The highest BCUT2D eigenvalue weighted by Crippen LogP contribution is 2.39. The van der Waals surface area contributed by atoms with Crippen molar-refractivity contribution in [1.29, 1.82) is 0 Å². The first-order chi connectivity index (χ1) is 12.4. The van der Waals surface area contributed by atoms with Crippen LogP contribution in [0.1, 0.15) is 5.69 Å². The molecular weight excluding hydrogens is 346 g/mol. The Morgan fingerprint density at radius 2 is 2.04 bits per heavy atom. The van der Waals surface area contributed by atoms with Gasteiger partial charge in [0, 0.05) is 33.3 Å². The highest BCUT2D eigenvalue weighted by atomic mass is 32.2. The fourth-order valence-corrected chi connectivity index (χ4v) is 4.66. The lowest BCUT2D eigenvalue weighted by Gasteiger charge is -2.07. The van der Waals surface area contributed by atoms with Gasteiger partial charge < -0.3 is 9.97 Å². The lowest BCUT2D eigenvalue weighted by Crippen LogP contribution is -1.88. The summed E-state index contributed by atoms with van der Waals surface area (Å²) >= 11 is 3.57. The number of hydrogen-bond acceptors (Lipinski definition) is 3. The zero-order valence-electron chi connectivity index (χ0n) is 13.3. The number of para-hydroxylation sites is 1. The van der Waals surface area contributed by atoms with Gasteiger partial charge >= 0.3 is 0 Å². The maximum atomic E-state index is 4.98. The summed E-state index contributed by atoms with van der Waals surface area (Å²) in [4.78, 5) is 14.3. The summed E-state index contributed by atoms with van der Waals surface area (Å²) in [6, 6.07) is 12.5. The molecule has 5 heteroatoms. The minimum atomic E-state index is 0.909. The Morgan fingerprint density at radius 1 is 1.08 bits per heavy atom. The summed E-state index contributed by atoms with van der Waals surface area (Å²) < 4.78 is 0. The number of allylic oxidation sites excluding steroid dienone is 2. The second-order valence-electron chi connectivity index (χ2n) is 5.80. The van der Waals surface area contributed by atoms with Crippen LogP contribution < -0.4 is 0 Å². The van der Waals surface area contributed by atoms with Crippen molar-refractivity contribution in [3.05, 3.63) is 71.9 Å². The predicted molar refractivity (Wildman–Crippen MR) is 109 cm³/mol. The Balaban J connectivity index is 1.71. The van der Waals surface area contributed by atoms with Gasteiger partial charge in [-0.05, 0) is 23.6 Å². The van der Waals surface area contributed by atoms with Gasteiger partial charge in [-0.2, -0.15) is 0 Å². The summed E-state index contributed by atoms with van der Waals surface area (Å²) in [7, 11) is 0. The minimum Gasteiger partial charge on any atom is -0.360 e. The summed E-state index contributed by atoms with van der Waals surface area (Å²) in [5, 5.41) is 3.28. The van der Waals surface area contributed by atoms with Crippen molar-refractivity contribution in [3.8, 4) is 22.0 Å². The molecule has 4 aromatic rings. The number of nitrogens with zero attached hydrogens (tertiary/aromatic N) is 1. The predicted octanol–water partition coefficient (Wildman–Crippen LogP) is 5.93. The number of thioether (sulfide) groups is 1. The highest BCUT2D eigenvalue weighted by molar-refractivity contribution is 8.08. The normalized spacial score (nSPS) is 14.2. The Bertz CT molecular complexity index is 1100. The molecule has 2 N–H and O–H groups in total. The average molecular weight is 361 g/mol. The molecular formula is C20H15N3S2. The van der Waals surface area contributed by atoms with E-state index in [0.717, 1.165) is 34.0 Å². The number of benzene rings is 1.